The number of hydrogen-bond acceptors (Lipinski definition) is 3. The van der Waals surface area contributed by atoms with E-state index in [1.165, 1.54) is 71.2 Å². The molecule has 2 aliphatic heterocycles. The van der Waals surface area contributed by atoms with E-state index in [2.05, 4.69) is 29.0 Å². The minimum atomic E-state index is 0.671. The summed E-state index contributed by atoms with van der Waals surface area (Å²) >= 11 is 0. The van der Waals surface area contributed by atoms with Crippen molar-refractivity contribution in [3.8, 4) is 0 Å². The van der Waals surface area contributed by atoms with Gasteiger partial charge in [-0.15, -0.1) is 0 Å². The van der Waals surface area contributed by atoms with Gasteiger partial charge in [0.2, 0.25) is 0 Å². The van der Waals surface area contributed by atoms with Crippen molar-refractivity contribution in [3.63, 3.8) is 0 Å². The summed E-state index contributed by atoms with van der Waals surface area (Å²) in [6, 6.07) is 1.56. The van der Waals surface area contributed by atoms with Crippen LogP contribution in [0.2, 0.25) is 0 Å². The Bertz CT molecular complexity index is 230. The Morgan fingerprint density at radius 3 is 2.37 bits per heavy atom. The molecule has 2 fully saturated rings. The highest BCUT2D eigenvalue weighted by Gasteiger charge is 2.25. The predicted octanol–water partition coefficient (Wildman–Crippen LogP) is 2.32. The fourth-order valence-electron chi connectivity index (χ4n) is 3.62. The fraction of sp³-hybridized carbons (Fsp3) is 1.00. The average Bonchev–Trinajstić information content (AvgIpc) is 2.47. The number of nitrogens with one attached hydrogen (secondary N) is 1. The van der Waals surface area contributed by atoms with Gasteiger partial charge in [-0.25, -0.2) is 0 Å². The summed E-state index contributed by atoms with van der Waals surface area (Å²) in [6.45, 7) is 12.2. The molecule has 0 aromatic heterocycles. The zero-order valence-corrected chi connectivity index (χ0v) is 13.0. The molecule has 0 aliphatic carbocycles. The number of nitrogens with zero attached hydrogens (tertiary/aromatic N) is 2. The van der Waals surface area contributed by atoms with Gasteiger partial charge >= 0.3 is 0 Å². The molecule has 2 saturated heterocycles. The molecular weight excluding hydrogens is 234 g/mol. The van der Waals surface area contributed by atoms with E-state index in [1.54, 1.807) is 0 Å². The van der Waals surface area contributed by atoms with E-state index in [-0.39, 0.29) is 0 Å². The van der Waals surface area contributed by atoms with Gasteiger partial charge in [-0.1, -0.05) is 13.3 Å². The Morgan fingerprint density at radius 2 is 1.74 bits per heavy atom. The first-order chi connectivity index (χ1) is 9.29. The van der Waals surface area contributed by atoms with Crippen molar-refractivity contribution in [1.29, 1.82) is 0 Å². The monoisotopic (exact) mass is 267 g/mol. The van der Waals surface area contributed by atoms with Gasteiger partial charge in [0.15, 0.2) is 0 Å². The van der Waals surface area contributed by atoms with Crippen LogP contribution in [0.25, 0.3) is 0 Å². The van der Waals surface area contributed by atoms with Crippen molar-refractivity contribution >= 4 is 0 Å². The number of rotatable bonds is 6. The van der Waals surface area contributed by atoms with Gasteiger partial charge in [-0.2, -0.15) is 0 Å². The SMILES string of the molecule is CCNC(C)CCN1CCC(N2CCCCC2)CC1. The van der Waals surface area contributed by atoms with Crippen molar-refractivity contribution in [3.05, 3.63) is 0 Å². The zero-order chi connectivity index (χ0) is 13.5. The van der Waals surface area contributed by atoms with Gasteiger partial charge in [-0.05, 0) is 78.3 Å². The molecule has 2 aliphatic rings. The van der Waals surface area contributed by atoms with E-state index in [0.717, 1.165) is 12.6 Å². The molecule has 1 unspecified atom stereocenters. The maximum Gasteiger partial charge on any atom is 0.0120 e. The molecule has 0 radical (unpaired) electrons. The van der Waals surface area contributed by atoms with Gasteiger partial charge in [0, 0.05) is 12.1 Å². The first-order valence-electron chi connectivity index (χ1n) is 8.49. The lowest BCUT2D eigenvalue weighted by molar-refractivity contribution is 0.0910. The van der Waals surface area contributed by atoms with E-state index in [9.17, 15) is 0 Å². The van der Waals surface area contributed by atoms with Crippen LogP contribution in [-0.4, -0.2) is 61.2 Å². The molecule has 1 atom stereocenters. The van der Waals surface area contributed by atoms with E-state index in [1.807, 2.05) is 0 Å². The largest absolute Gasteiger partial charge is 0.314 e. The molecule has 0 amide bonds. The lowest BCUT2D eigenvalue weighted by Crippen LogP contribution is -2.47. The summed E-state index contributed by atoms with van der Waals surface area (Å²) in [5.74, 6) is 0. The topological polar surface area (TPSA) is 18.5 Å². The molecule has 112 valence electrons. The van der Waals surface area contributed by atoms with Gasteiger partial charge in [0.25, 0.3) is 0 Å². The zero-order valence-electron chi connectivity index (χ0n) is 13.0. The van der Waals surface area contributed by atoms with Gasteiger partial charge in [0.1, 0.15) is 0 Å². The first-order valence-corrected chi connectivity index (χ1v) is 8.49. The van der Waals surface area contributed by atoms with Crippen molar-refractivity contribution in [2.45, 2.75) is 64.5 Å². The molecule has 1 N–H and O–H groups in total. The summed E-state index contributed by atoms with van der Waals surface area (Å²) in [5.41, 5.74) is 0. The maximum atomic E-state index is 3.51. The smallest absolute Gasteiger partial charge is 0.0120 e. The van der Waals surface area contributed by atoms with Crippen molar-refractivity contribution < 1.29 is 0 Å². The van der Waals surface area contributed by atoms with Crippen LogP contribution in [0.4, 0.5) is 0 Å². The molecule has 0 saturated carbocycles. The van der Waals surface area contributed by atoms with Crippen LogP contribution in [0.5, 0.6) is 0 Å². The van der Waals surface area contributed by atoms with Crippen LogP contribution in [0.1, 0.15) is 52.4 Å². The van der Waals surface area contributed by atoms with Gasteiger partial charge in [0.05, 0.1) is 0 Å². The third-order valence-corrected chi connectivity index (χ3v) is 4.90. The number of piperidine rings is 2. The molecule has 3 heteroatoms. The van der Waals surface area contributed by atoms with Crippen LogP contribution < -0.4 is 5.32 Å². The molecular formula is C16H33N3. The van der Waals surface area contributed by atoms with Gasteiger partial charge < -0.3 is 15.1 Å². The average molecular weight is 267 g/mol. The van der Waals surface area contributed by atoms with Gasteiger partial charge in [-0.3, -0.25) is 0 Å². The van der Waals surface area contributed by atoms with Crippen LogP contribution >= 0.6 is 0 Å². The number of likely N-dealkylation sites (tertiary alicyclic amines) is 2. The predicted molar refractivity (Wildman–Crippen MR) is 82.6 cm³/mol. The quantitative estimate of drug-likeness (QED) is 0.797. The molecule has 0 aromatic rings. The molecule has 2 heterocycles. The highest BCUT2D eigenvalue weighted by Crippen LogP contribution is 2.20. The second kappa shape index (κ2) is 8.23. The Kier molecular flexibility index (Phi) is 6.62. The minimum Gasteiger partial charge on any atom is -0.314 e. The first kappa shape index (κ1) is 15.3. The van der Waals surface area contributed by atoms with E-state index < -0.39 is 0 Å². The second-order valence-electron chi connectivity index (χ2n) is 6.42. The highest BCUT2D eigenvalue weighted by atomic mass is 15.2. The van der Waals surface area contributed by atoms with Crippen LogP contribution in [-0.2, 0) is 0 Å². The Labute approximate surface area is 119 Å². The van der Waals surface area contributed by atoms with Crippen LogP contribution in [0.15, 0.2) is 0 Å². The Hall–Kier alpha value is -0.120. The normalized spacial score (nSPS) is 25.6. The van der Waals surface area contributed by atoms with E-state index in [0.29, 0.717) is 6.04 Å². The maximum absolute atomic E-state index is 3.51. The summed E-state index contributed by atoms with van der Waals surface area (Å²) in [6.07, 6.45) is 8.41. The summed E-state index contributed by atoms with van der Waals surface area (Å²) < 4.78 is 0. The summed E-state index contributed by atoms with van der Waals surface area (Å²) in [5, 5.41) is 3.51. The van der Waals surface area contributed by atoms with Crippen molar-refractivity contribution in [2.24, 2.45) is 0 Å². The Morgan fingerprint density at radius 1 is 1.05 bits per heavy atom. The highest BCUT2D eigenvalue weighted by molar-refractivity contribution is 4.81. The molecule has 0 aromatic carbocycles. The standard InChI is InChI=1S/C16H33N3/c1-3-17-15(2)7-12-18-13-8-16(9-14-18)19-10-5-4-6-11-19/h15-17H,3-14H2,1-2H3. The summed E-state index contributed by atoms with van der Waals surface area (Å²) in [4.78, 5) is 5.44. The molecule has 2 rings (SSSR count). The van der Waals surface area contributed by atoms with Crippen LogP contribution in [0, 0.1) is 0 Å². The number of hydrogen-bond donors (Lipinski definition) is 1. The van der Waals surface area contributed by atoms with Crippen LogP contribution in [0.3, 0.4) is 0 Å². The second-order valence-corrected chi connectivity index (χ2v) is 6.42. The Balaban J connectivity index is 1.62. The lowest BCUT2D eigenvalue weighted by atomic mass is 9.99. The lowest BCUT2D eigenvalue weighted by Gasteiger charge is -2.40. The van der Waals surface area contributed by atoms with E-state index in [4.69, 9.17) is 0 Å². The minimum absolute atomic E-state index is 0.671. The molecule has 3 nitrogen and oxygen atoms in total. The molecule has 19 heavy (non-hydrogen) atoms. The van der Waals surface area contributed by atoms with Crippen molar-refractivity contribution in [1.82, 2.24) is 15.1 Å². The fourth-order valence-corrected chi connectivity index (χ4v) is 3.62. The van der Waals surface area contributed by atoms with Crippen molar-refractivity contribution in [2.75, 3.05) is 39.3 Å². The molecule has 0 spiro atoms. The molecule has 0 bridgehead atoms. The van der Waals surface area contributed by atoms with E-state index >= 15 is 0 Å². The summed E-state index contributed by atoms with van der Waals surface area (Å²) in [7, 11) is 0. The third-order valence-electron chi connectivity index (χ3n) is 4.90. The third kappa shape index (κ3) is 5.05.